The number of rotatable bonds is 6. The smallest absolute Gasteiger partial charge is 0.241 e. The molecule has 3 aliphatic heterocycles. The molecule has 3 aromatic rings. The molecule has 220 valence electrons. The minimum atomic E-state index is -0.616. The molecule has 0 bridgehead atoms. The van der Waals surface area contributed by atoms with Gasteiger partial charge in [0.25, 0.3) is 0 Å². The predicted molar refractivity (Wildman–Crippen MR) is 152 cm³/mol. The Morgan fingerprint density at radius 3 is 2.78 bits per heavy atom. The number of ether oxygens (including phenoxy) is 1. The van der Waals surface area contributed by atoms with Crippen molar-refractivity contribution in [3.05, 3.63) is 59.0 Å². The third kappa shape index (κ3) is 5.48. The lowest BCUT2D eigenvalue weighted by Crippen LogP contribution is -2.62. The van der Waals surface area contributed by atoms with Crippen molar-refractivity contribution in [2.24, 2.45) is 0 Å². The highest BCUT2D eigenvalue weighted by Gasteiger charge is 2.42. The van der Waals surface area contributed by atoms with Crippen molar-refractivity contribution in [1.82, 2.24) is 29.7 Å². The van der Waals surface area contributed by atoms with Gasteiger partial charge in [-0.15, -0.1) is 10.2 Å². The monoisotopic (exact) mass is 567 g/mol. The molecule has 5 heterocycles. The van der Waals surface area contributed by atoms with Gasteiger partial charge in [0.05, 0.1) is 31.1 Å². The highest BCUT2D eigenvalue weighted by Crippen LogP contribution is 2.42. The molecule has 2 fully saturated rings. The van der Waals surface area contributed by atoms with Crippen molar-refractivity contribution in [3.63, 3.8) is 0 Å². The first-order chi connectivity index (χ1) is 19.6. The van der Waals surface area contributed by atoms with Gasteiger partial charge in [-0.25, -0.2) is 8.78 Å². The van der Waals surface area contributed by atoms with Gasteiger partial charge in [-0.05, 0) is 31.5 Å². The zero-order valence-electron chi connectivity index (χ0n) is 24.2. The minimum absolute atomic E-state index is 0.0392. The number of piperazine rings is 1. The van der Waals surface area contributed by atoms with Crippen LogP contribution in [0.3, 0.4) is 0 Å². The summed E-state index contributed by atoms with van der Waals surface area (Å²) in [7, 11) is 0. The summed E-state index contributed by atoms with van der Waals surface area (Å²) < 4.78 is 35.7. The molecule has 0 unspecified atom stereocenters. The van der Waals surface area contributed by atoms with Crippen LogP contribution in [0.5, 0.6) is 0 Å². The van der Waals surface area contributed by atoms with Crippen LogP contribution in [0, 0.1) is 11.6 Å². The first-order valence-electron chi connectivity index (χ1n) is 14.5. The number of morpholine rings is 1. The fraction of sp³-hybridized carbons (Fsp3) is 0.567. The van der Waals surface area contributed by atoms with E-state index in [2.05, 4.69) is 53.0 Å². The Bertz CT molecular complexity index is 1440. The zero-order valence-corrected chi connectivity index (χ0v) is 24.2. The summed E-state index contributed by atoms with van der Waals surface area (Å²) in [5.41, 5.74) is 3.13. The van der Waals surface area contributed by atoms with E-state index in [-0.39, 0.29) is 29.8 Å². The molecule has 0 saturated carbocycles. The first-order valence-corrected chi connectivity index (χ1v) is 14.5. The fourth-order valence-electron chi connectivity index (χ4n) is 6.66. The number of halogens is 2. The second-order valence-electron chi connectivity index (χ2n) is 12.5. The van der Waals surface area contributed by atoms with E-state index in [1.165, 1.54) is 12.1 Å². The summed E-state index contributed by atoms with van der Waals surface area (Å²) in [5, 5.41) is 12.1. The second-order valence-corrected chi connectivity index (χ2v) is 12.5. The molecule has 2 aromatic heterocycles. The summed E-state index contributed by atoms with van der Waals surface area (Å²) >= 11 is 0. The minimum Gasteiger partial charge on any atom is -0.379 e. The van der Waals surface area contributed by atoms with Crippen LogP contribution in [0.4, 0.5) is 14.5 Å². The third-order valence-electron chi connectivity index (χ3n) is 8.83. The molecular formula is C30H39F2N7O2. The number of nitrogens with one attached hydrogen (secondary N) is 1. The summed E-state index contributed by atoms with van der Waals surface area (Å²) in [6.45, 7) is 14.3. The predicted octanol–water partition coefficient (Wildman–Crippen LogP) is 2.61. The van der Waals surface area contributed by atoms with Crippen molar-refractivity contribution in [2.75, 3.05) is 57.4 Å². The highest BCUT2D eigenvalue weighted by atomic mass is 19.1. The molecule has 1 N–H and O–H groups in total. The van der Waals surface area contributed by atoms with E-state index in [4.69, 9.17) is 4.74 Å². The lowest BCUT2D eigenvalue weighted by molar-refractivity contribution is -0.121. The number of carbonyl (C=O) groups excluding carboxylic acids is 1. The first kappa shape index (κ1) is 28.1. The molecule has 0 radical (unpaired) electrons. The molecule has 9 nitrogen and oxygen atoms in total. The van der Waals surface area contributed by atoms with Crippen LogP contribution in [0.25, 0.3) is 5.65 Å². The van der Waals surface area contributed by atoms with Crippen LogP contribution >= 0.6 is 0 Å². The molecule has 1 amide bonds. The molecule has 3 atom stereocenters. The molecule has 0 aliphatic carbocycles. The number of hydrogen-bond donors (Lipinski definition) is 1. The van der Waals surface area contributed by atoms with Gasteiger partial charge >= 0.3 is 0 Å². The maximum atomic E-state index is 14.6. The SMILES string of the molecule is C[C@@H]1CN(CC(=O)N2CC(C)(C)c3c2cc(Cc2ccc(F)cc2F)c2nncn32)[C@@H](CN2CCOC[C@H]2C)CN1. The standard InChI is InChI=1S/C30H39F2N7O2/c1-19-13-37(24(12-33-19)14-36-7-8-41-16-20(36)2)15-27(40)38-17-30(3,4)28-26(38)10-22(29-35-34-18-39(28)29)9-21-5-6-23(31)11-25(21)32/h5-6,10-11,18-20,24,33H,7-9,12-17H2,1-4H3/t19-,20-,24-/m1/s1. The van der Waals surface area contributed by atoms with Crippen LogP contribution in [0.1, 0.15) is 44.5 Å². The average molecular weight is 568 g/mol. The maximum absolute atomic E-state index is 14.6. The van der Waals surface area contributed by atoms with Gasteiger partial charge in [0.1, 0.15) is 18.0 Å². The number of hydrogen-bond acceptors (Lipinski definition) is 7. The Balaban J connectivity index is 1.29. The van der Waals surface area contributed by atoms with Crippen molar-refractivity contribution >= 4 is 17.2 Å². The van der Waals surface area contributed by atoms with Crippen molar-refractivity contribution in [1.29, 1.82) is 0 Å². The third-order valence-corrected chi connectivity index (χ3v) is 8.83. The van der Waals surface area contributed by atoms with Gasteiger partial charge in [-0.1, -0.05) is 19.9 Å². The van der Waals surface area contributed by atoms with E-state index in [1.807, 2.05) is 15.4 Å². The van der Waals surface area contributed by atoms with E-state index in [0.29, 0.717) is 30.3 Å². The summed E-state index contributed by atoms with van der Waals surface area (Å²) in [6, 6.07) is 6.41. The molecule has 1 aromatic carbocycles. The van der Waals surface area contributed by atoms with Gasteiger partial charge in [0.2, 0.25) is 5.91 Å². The largest absolute Gasteiger partial charge is 0.379 e. The summed E-state index contributed by atoms with van der Waals surface area (Å²) in [6.07, 6.45) is 1.87. The van der Waals surface area contributed by atoms with Crippen molar-refractivity contribution in [3.8, 4) is 0 Å². The number of carbonyl (C=O) groups is 1. The number of amides is 1. The van der Waals surface area contributed by atoms with E-state index >= 15 is 0 Å². The number of pyridine rings is 1. The molecular weight excluding hydrogens is 528 g/mol. The van der Waals surface area contributed by atoms with Gasteiger partial charge in [-0.2, -0.15) is 0 Å². The van der Waals surface area contributed by atoms with Crippen molar-refractivity contribution in [2.45, 2.75) is 57.7 Å². The quantitative estimate of drug-likeness (QED) is 0.491. The van der Waals surface area contributed by atoms with Crippen LogP contribution in [0.2, 0.25) is 0 Å². The molecule has 2 saturated heterocycles. The Labute approximate surface area is 239 Å². The number of nitrogens with zero attached hydrogens (tertiary/aromatic N) is 6. The van der Waals surface area contributed by atoms with E-state index in [9.17, 15) is 13.6 Å². The Morgan fingerprint density at radius 1 is 1.17 bits per heavy atom. The topological polar surface area (TPSA) is 78.2 Å². The Hall–Kier alpha value is -2.99. The normalized spacial score (nSPS) is 25.1. The van der Waals surface area contributed by atoms with Gasteiger partial charge in [0.15, 0.2) is 5.65 Å². The van der Waals surface area contributed by atoms with E-state index in [1.54, 1.807) is 6.33 Å². The summed E-state index contributed by atoms with van der Waals surface area (Å²) in [5.74, 6) is -1.18. The lowest BCUT2D eigenvalue weighted by Gasteiger charge is -2.43. The summed E-state index contributed by atoms with van der Waals surface area (Å²) in [4.78, 5) is 20.8. The van der Waals surface area contributed by atoms with Gasteiger partial charge in [0, 0.05) is 74.3 Å². The molecule has 6 rings (SSSR count). The van der Waals surface area contributed by atoms with Gasteiger partial charge in [-0.3, -0.25) is 19.0 Å². The lowest BCUT2D eigenvalue weighted by atomic mass is 9.90. The number of aromatic nitrogens is 3. The second kappa shape index (κ2) is 11.0. The average Bonchev–Trinajstić information content (AvgIpc) is 3.51. The molecule has 0 spiro atoms. The number of benzene rings is 1. The Kier molecular flexibility index (Phi) is 7.56. The van der Waals surface area contributed by atoms with Crippen LogP contribution < -0.4 is 10.2 Å². The zero-order chi connectivity index (χ0) is 28.9. The van der Waals surface area contributed by atoms with Crippen LogP contribution in [-0.4, -0.2) is 101 Å². The van der Waals surface area contributed by atoms with Crippen molar-refractivity contribution < 1.29 is 18.3 Å². The van der Waals surface area contributed by atoms with Gasteiger partial charge < -0.3 is 15.0 Å². The Morgan fingerprint density at radius 2 is 2.00 bits per heavy atom. The number of anilines is 1. The fourth-order valence-corrected chi connectivity index (χ4v) is 6.66. The molecule has 41 heavy (non-hydrogen) atoms. The highest BCUT2D eigenvalue weighted by molar-refractivity contribution is 5.97. The maximum Gasteiger partial charge on any atom is 0.241 e. The molecule has 11 heteroatoms. The number of fused-ring (bicyclic) bond motifs is 3. The van der Waals surface area contributed by atoms with Crippen LogP contribution in [0.15, 0.2) is 30.6 Å². The van der Waals surface area contributed by atoms with Crippen LogP contribution in [-0.2, 0) is 21.4 Å². The molecule has 3 aliphatic rings. The van der Waals surface area contributed by atoms with E-state index < -0.39 is 11.6 Å². The van der Waals surface area contributed by atoms with E-state index in [0.717, 1.165) is 62.4 Å².